The quantitative estimate of drug-likeness (QED) is 0.161. The van der Waals surface area contributed by atoms with E-state index in [2.05, 4.69) is 31.2 Å². The summed E-state index contributed by atoms with van der Waals surface area (Å²) >= 11 is 3.16. The number of thioether (sulfide) groups is 2. The molecule has 0 spiro atoms. The average Bonchev–Trinajstić information content (AvgIpc) is 2.74. The van der Waals surface area contributed by atoms with Crippen molar-refractivity contribution in [1.29, 1.82) is 0 Å². The van der Waals surface area contributed by atoms with Crippen molar-refractivity contribution in [3.05, 3.63) is 41.5 Å². The molecule has 31 heavy (non-hydrogen) atoms. The van der Waals surface area contributed by atoms with Crippen LogP contribution in [0, 0.1) is 0 Å². The summed E-state index contributed by atoms with van der Waals surface area (Å²) in [5.74, 6) is -0.590. The highest BCUT2D eigenvalue weighted by Gasteiger charge is 2.16. The van der Waals surface area contributed by atoms with Gasteiger partial charge < -0.3 is 10.2 Å². The van der Waals surface area contributed by atoms with Crippen molar-refractivity contribution in [3.8, 4) is 0 Å². The van der Waals surface area contributed by atoms with Crippen LogP contribution < -0.4 is 0 Å². The van der Waals surface area contributed by atoms with Crippen molar-refractivity contribution in [2.75, 3.05) is 11.5 Å². The Hall–Kier alpha value is -1.40. The minimum atomic E-state index is -0.805. The number of allylic oxidation sites excluding steroid dienone is 1. The maximum absolute atomic E-state index is 10.9. The second-order valence-electron chi connectivity index (χ2n) is 7.66. The predicted molar refractivity (Wildman–Crippen MR) is 135 cm³/mol. The number of hydrogen-bond donors (Lipinski definition) is 2. The number of carbonyl (C=O) groups is 2. The number of aliphatic carboxylic acids is 2. The third-order valence-corrected chi connectivity index (χ3v) is 7.75. The summed E-state index contributed by atoms with van der Waals surface area (Å²) in [7, 11) is 0. The lowest BCUT2D eigenvalue weighted by atomic mass is 10.1. The zero-order valence-electron chi connectivity index (χ0n) is 18.8. The Balaban J connectivity index is 2.57. The van der Waals surface area contributed by atoms with E-state index in [1.165, 1.54) is 51.4 Å². The zero-order chi connectivity index (χ0) is 22.7. The van der Waals surface area contributed by atoms with Gasteiger partial charge >= 0.3 is 11.9 Å². The molecule has 0 saturated heterocycles. The smallest absolute Gasteiger partial charge is 0.304 e. The van der Waals surface area contributed by atoms with E-state index in [-0.39, 0.29) is 17.4 Å². The van der Waals surface area contributed by atoms with E-state index in [0.717, 1.165) is 17.5 Å². The summed E-state index contributed by atoms with van der Waals surface area (Å²) in [6.07, 6.45) is 16.2. The molecule has 0 unspecified atom stereocenters. The van der Waals surface area contributed by atoms with Gasteiger partial charge in [0.15, 0.2) is 0 Å². The van der Waals surface area contributed by atoms with Crippen LogP contribution in [0.2, 0.25) is 0 Å². The summed E-state index contributed by atoms with van der Waals surface area (Å²) < 4.78 is 0.0303. The van der Waals surface area contributed by atoms with E-state index < -0.39 is 11.9 Å². The average molecular weight is 467 g/mol. The van der Waals surface area contributed by atoms with Gasteiger partial charge in [0.05, 0.1) is 17.4 Å². The molecule has 174 valence electrons. The molecule has 0 fully saturated rings. The second kappa shape index (κ2) is 18.2. The topological polar surface area (TPSA) is 74.6 Å². The Labute approximate surface area is 196 Å². The highest BCUT2D eigenvalue weighted by atomic mass is 32.2. The largest absolute Gasteiger partial charge is 0.481 e. The van der Waals surface area contributed by atoms with Gasteiger partial charge in [-0.3, -0.25) is 9.59 Å². The molecule has 1 aromatic rings. The number of rotatable bonds is 19. The van der Waals surface area contributed by atoms with E-state index in [1.807, 2.05) is 12.1 Å². The van der Waals surface area contributed by atoms with Crippen molar-refractivity contribution in [2.45, 2.75) is 82.1 Å². The van der Waals surface area contributed by atoms with Crippen LogP contribution in [0.25, 0.3) is 6.08 Å². The Morgan fingerprint density at radius 2 is 1.42 bits per heavy atom. The second-order valence-corrected chi connectivity index (χ2v) is 10.4. The van der Waals surface area contributed by atoms with E-state index in [4.69, 9.17) is 10.2 Å². The molecule has 2 N–H and O–H groups in total. The van der Waals surface area contributed by atoms with Gasteiger partial charge in [-0.25, -0.2) is 0 Å². The summed E-state index contributed by atoms with van der Waals surface area (Å²) in [6, 6.07) is 8.17. The van der Waals surface area contributed by atoms with Crippen molar-refractivity contribution >= 4 is 41.5 Å². The highest BCUT2D eigenvalue weighted by molar-refractivity contribution is 8.16. The molecule has 1 rings (SSSR count). The van der Waals surface area contributed by atoms with Gasteiger partial charge in [-0.2, -0.15) is 0 Å². The van der Waals surface area contributed by atoms with Crippen LogP contribution in [0.1, 0.15) is 93.3 Å². The molecule has 4 nitrogen and oxygen atoms in total. The highest BCUT2D eigenvalue weighted by Crippen LogP contribution is 2.41. The number of benzene rings is 1. The number of carboxylic acid groups (broad SMARTS) is 2. The van der Waals surface area contributed by atoms with E-state index in [0.29, 0.717) is 11.5 Å². The molecule has 6 heteroatoms. The number of carboxylic acids is 2. The molecule has 0 bridgehead atoms. The summed E-state index contributed by atoms with van der Waals surface area (Å²) in [5, 5.41) is 17.9. The monoisotopic (exact) mass is 466 g/mol. The van der Waals surface area contributed by atoms with Crippen molar-refractivity contribution < 1.29 is 19.8 Å². The van der Waals surface area contributed by atoms with Crippen LogP contribution >= 0.6 is 23.5 Å². The van der Waals surface area contributed by atoms with Crippen LogP contribution in [0.15, 0.2) is 30.3 Å². The molecule has 0 aliphatic heterocycles. The first kappa shape index (κ1) is 27.6. The van der Waals surface area contributed by atoms with Gasteiger partial charge in [-0.15, -0.1) is 23.5 Å². The lowest BCUT2D eigenvalue weighted by Gasteiger charge is -2.18. The minimum absolute atomic E-state index is 0.0303. The lowest BCUT2D eigenvalue weighted by molar-refractivity contribution is -0.137. The van der Waals surface area contributed by atoms with Gasteiger partial charge in [0, 0.05) is 11.5 Å². The Morgan fingerprint density at radius 1 is 0.871 bits per heavy atom. The van der Waals surface area contributed by atoms with E-state index >= 15 is 0 Å². The first-order valence-corrected chi connectivity index (χ1v) is 13.6. The molecular weight excluding hydrogens is 428 g/mol. The van der Waals surface area contributed by atoms with Crippen molar-refractivity contribution in [1.82, 2.24) is 0 Å². The Kier molecular flexibility index (Phi) is 16.2. The molecule has 0 heterocycles. The third-order valence-electron chi connectivity index (χ3n) is 4.94. The van der Waals surface area contributed by atoms with Gasteiger partial charge in [0.1, 0.15) is 0 Å². The lowest BCUT2D eigenvalue weighted by Crippen LogP contribution is -2.02. The van der Waals surface area contributed by atoms with E-state index in [1.54, 1.807) is 23.5 Å². The number of unbranched alkanes of at least 4 members (excludes halogenated alkanes) is 8. The van der Waals surface area contributed by atoms with Crippen LogP contribution in [-0.4, -0.2) is 33.7 Å². The molecule has 0 atom stereocenters. The van der Waals surface area contributed by atoms with Gasteiger partial charge in [-0.05, 0) is 24.0 Å². The first-order valence-electron chi connectivity index (χ1n) is 11.5. The van der Waals surface area contributed by atoms with Gasteiger partial charge in [0.25, 0.3) is 0 Å². The van der Waals surface area contributed by atoms with Gasteiger partial charge in [0.2, 0.25) is 0 Å². The molecular formula is C25H38O4S2. The fraction of sp³-hybridized carbons (Fsp3) is 0.600. The maximum atomic E-state index is 10.9. The summed E-state index contributed by atoms with van der Waals surface area (Å²) in [4.78, 5) is 21.8. The molecule has 0 saturated carbocycles. The maximum Gasteiger partial charge on any atom is 0.304 e. The van der Waals surface area contributed by atoms with E-state index in [9.17, 15) is 9.59 Å². The molecule has 0 aliphatic rings. The zero-order valence-corrected chi connectivity index (χ0v) is 20.4. The van der Waals surface area contributed by atoms with Crippen LogP contribution in [0.4, 0.5) is 0 Å². The fourth-order valence-corrected chi connectivity index (χ4v) is 5.98. The Morgan fingerprint density at radius 3 is 2.00 bits per heavy atom. The standard InChI is InChI=1S/C25H38O4S2/c1-2-3-4-5-6-7-8-9-10-11-14-21-15-12-13-16-22(21)25(30-19-17-23(26)27)31-20-18-24(28)29/h11-16,25H,2-10,17-20H2,1H3,(H,26,27)(H,28,29)/b14-11+. The van der Waals surface area contributed by atoms with Crippen LogP contribution in [0.3, 0.4) is 0 Å². The van der Waals surface area contributed by atoms with Crippen LogP contribution in [0.5, 0.6) is 0 Å². The number of hydrogen-bond acceptors (Lipinski definition) is 4. The summed E-state index contributed by atoms with van der Waals surface area (Å²) in [6.45, 7) is 2.25. The molecule has 0 aromatic heterocycles. The fourth-order valence-electron chi connectivity index (χ4n) is 3.22. The van der Waals surface area contributed by atoms with Crippen molar-refractivity contribution in [2.24, 2.45) is 0 Å². The predicted octanol–water partition coefficient (Wildman–Crippen LogP) is 7.65. The third kappa shape index (κ3) is 14.3. The summed E-state index contributed by atoms with van der Waals surface area (Å²) in [5.41, 5.74) is 2.28. The molecule has 0 aliphatic carbocycles. The van der Waals surface area contributed by atoms with Crippen molar-refractivity contribution in [3.63, 3.8) is 0 Å². The Bertz CT molecular complexity index is 641. The molecule has 1 aromatic carbocycles. The minimum Gasteiger partial charge on any atom is -0.481 e. The SMILES string of the molecule is CCCCCCCCCC/C=C/c1ccccc1C(SCCC(=O)O)SCCC(=O)O. The molecule has 0 radical (unpaired) electrons. The van der Waals surface area contributed by atoms with Gasteiger partial charge in [-0.1, -0.05) is 88.3 Å². The normalized spacial score (nSPS) is 11.4. The first-order chi connectivity index (χ1) is 15.0. The molecule has 0 amide bonds. The van der Waals surface area contributed by atoms with Crippen LogP contribution in [-0.2, 0) is 9.59 Å².